The van der Waals surface area contributed by atoms with Crippen LogP contribution in [-0.4, -0.2) is 66.2 Å². The lowest BCUT2D eigenvalue weighted by molar-refractivity contribution is -0.384. The van der Waals surface area contributed by atoms with Crippen LogP contribution in [0.3, 0.4) is 0 Å². The maximum Gasteiger partial charge on any atom is 0.310 e. The monoisotopic (exact) mass is 752 g/mol. The molecular formula is C40H56N4O10. The van der Waals surface area contributed by atoms with Crippen molar-refractivity contribution in [3.8, 4) is 0 Å². The zero-order valence-corrected chi connectivity index (χ0v) is 31.9. The van der Waals surface area contributed by atoms with Crippen molar-refractivity contribution in [2.24, 2.45) is 57.4 Å². The Balaban J connectivity index is 1.12. The fourth-order valence-corrected chi connectivity index (χ4v) is 11.2. The number of hydrogen-bond acceptors (Lipinski definition) is 10. The van der Waals surface area contributed by atoms with Gasteiger partial charge in [0, 0.05) is 42.0 Å². The number of nitrogens with zero attached hydrogens (tertiary/aromatic N) is 4. The van der Waals surface area contributed by atoms with Gasteiger partial charge in [-0.2, -0.15) is 0 Å². The van der Waals surface area contributed by atoms with Crippen molar-refractivity contribution in [3.63, 3.8) is 0 Å². The summed E-state index contributed by atoms with van der Waals surface area (Å²) in [4.78, 5) is 63.6. The fraction of sp³-hybridized carbons (Fsp3) is 0.750. The number of nitro groups is 1. The molecule has 1 aromatic carbocycles. The molecule has 4 fully saturated rings. The lowest BCUT2D eigenvalue weighted by Crippen LogP contribution is -2.54. The number of non-ortho nitro benzene ring substituents is 1. The Labute approximate surface area is 316 Å². The van der Waals surface area contributed by atoms with Crippen molar-refractivity contribution in [3.05, 3.63) is 50.4 Å². The number of benzene rings is 1. The number of carbonyl (C=O) groups is 4. The first-order chi connectivity index (χ1) is 25.8. The second kappa shape index (κ2) is 18.1. The van der Waals surface area contributed by atoms with Crippen molar-refractivity contribution in [1.82, 2.24) is 0 Å². The molecule has 4 aliphatic rings. The molecule has 0 aliphatic heterocycles. The maximum atomic E-state index is 13.4. The predicted octanol–water partition coefficient (Wildman–Crippen LogP) is 8.12. The van der Waals surface area contributed by atoms with Gasteiger partial charge in [-0.05, 0) is 128 Å². The standard InChI is InChI=1S/C40H56N4O10/c1-25(4-13-37(48)53-21-20-52-19-18-42-43-41)32-11-12-33-31-10-7-28-24-30(14-16-39(28,2)34(31)15-17-40(32,33)3)54-38(49)27(23-36(46)47)22-35(45)26-5-8-29(9-6-26)44(50)51/h5-6,8-9,25,27-28,30-34H,4,7,10-24H2,1-3H3,(H,46,47)/t25-,27+,28-,30-,31+,32?,33+,34+,39+,40-/m1/s1. The fourth-order valence-electron chi connectivity index (χ4n) is 11.2. The summed E-state index contributed by atoms with van der Waals surface area (Å²) in [5.41, 5.74) is 8.71. The number of carbonyl (C=O) groups excluding carboxylic acids is 3. The molecule has 0 radical (unpaired) electrons. The minimum absolute atomic E-state index is 0.139. The average molecular weight is 753 g/mol. The molecule has 4 saturated carbocycles. The van der Waals surface area contributed by atoms with E-state index in [1.165, 1.54) is 49.9 Å². The Morgan fingerprint density at radius 2 is 1.70 bits per heavy atom. The summed E-state index contributed by atoms with van der Waals surface area (Å²) >= 11 is 0. The van der Waals surface area contributed by atoms with Crippen LogP contribution in [0.15, 0.2) is 29.4 Å². The van der Waals surface area contributed by atoms with Gasteiger partial charge in [0.15, 0.2) is 5.78 Å². The number of nitro benzene ring substituents is 1. The highest BCUT2D eigenvalue weighted by Crippen LogP contribution is 2.68. The molecular weight excluding hydrogens is 696 g/mol. The van der Waals surface area contributed by atoms with E-state index in [1.807, 2.05) is 0 Å². The van der Waals surface area contributed by atoms with Gasteiger partial charge in [-0.25, -0.2) is 0 Å². The number of rotatable bonds is 18. The van der Waals surface area contributed by atoms with E-state index >= 15 is 0 Å². The number of azide groups is 1. The molecule has 0 spiro atoms. The quantitative estimate of drug-likeness (QED) is 0.0222. The van der Waals surface area contributed by atoms with Gasteiger partial charge < -0.3 is 19.3 Å². The van der Waals surface area contributed by atoms with Crippen LogP contribution in [0.4, 0.5) is 5.69 Å². The van der Waals surface area contributed by atoms with Gasteiger partial charge in [0.05, 0.1) is 30.5 Å². The zero-order valence-electron chi connectivity index (χ0n) is 31.9. The summed E-state index contributed by atoms with van der Waals surface area (Å²) in [6.45, 7) is 8.26. The highest BCUT2D eigenvalue weighted by atomic mass is 16.6. The summed E-state index contributed by atoms with van der Waals surface area (Å²) in [5, 5.41) is 23.9. The van der Waals surface area contributed by atoms with Gasteiger partial charge in [0.25, 0.3) is 5.69 Å². The van der Waals surface area contributed by atoms with Gasteiger partial charge in [-0.15, -0.1) is 0 Å². The minimum atomic E-state index is -1.20. The summed E-state index contributed by atoms with van der Waals surface area (Å²) in [5.74, 6) is -0.408. The molecule has 1 unspecified atom stereocenters. The Kier molecular flexibility index (Phi) is 13.8. The van der Waals surface area contributed by atoms with Crippen LogP contribution in [0.2, 0.25) is 0 Å². The SMILES string of the molecule is C[C@H](CCC(=O)OCCOCCN=[N+]=[N-])C1CC[C@H]2[C@@H]3CC[C@@H]4C[C@H](OC(=O)[C@H](CC(=O)O)CC(=O)c5ccc([N+](=O)[O-])cc5)CC[C@]4(C)[C@H]3CC[C@]12C. The molecule has 0 saturated heterocycles. The van der Waals surface area contributed by atoms with Crippen molar-refractivity contribution < 1.29 is 43.4 Å². The van der Waals surface area contributed by atoms with E-state index in [1.54, 1.807) is 0 Å². The van der Waals surface area contributed by atoms with Gasteiger partial charge >= 0.3 is 17.9 Å². The molecule has 10 atom stereocenters. The number of aliphatic carboxylic acids is 1. The number of esters is 2. The summed E-state index contributed by atoms with van der Waals surface area (Å²) < 4.78 is 16.7. The number of ketones is 1. The summed E-state index contributed by atoms with van der Waals surface area (Å²) in [6, 6.07) is 5.07. The van der Waals surface area contributed by atoms with E-state index in [9.17, 15) is 34.4 Å². The highest BCUT2D eigenvalue weighted by Gasteiger charge is 2.60. The number of carboxylic acids is 1. The van der Waals surface area contributed by atoms with E-state index in [-0.39, 0.29) is 60.3 Å². The second-order valence-corrected chi connectivity index (χ2v) is 16.7. The van der Waals surface area contributed by atoms with Crippen LogP contribution in [0.5, 0.6) is 0 Å². The first-order valence-corrected chi connectivity index (χ1v) is 19.7. The molecule has 4 aliphatic carbocycles. The largest absolute Gasteiger partial charge is 0.481 e. The van der Waals surface area contributed by atoms with E-state index < -0.39 is 35.0 Å². The van der Waals surface area contributed by atoms with Crippen LogP contribution in [0.25, 0.3) is 10.4 Å². The molecule has 0 bridgehead atoms. The average Bonchev–Trinajstić information content (AvgIpc) is 3.50. The van der Waals surface area contributed by atoms with Gasteiger partial charge in [0.2, 0.25) is 0 Å². The van der Waals surface area contributed by atoms with Crippen LogP contribution >= 0.6 is 0 Å². The summed E-state index contributed by atoms with van der Waals surface area (Å²) in [6.07, 6.45) is 9.33. The van der Waals surface area contributed by atoms with Crippen LogP contribution < -0.4 is 0 Å². The molecule has 1 aromatic rings. The van der Waals surface area contributed by atoms with E-state index in [4.69, 9.17) is 19.7 Å². The molecule has 1 N–H and O–H groups in total. The van der Waals surface area contributed by atoms with Gasteiger partial charge in [-0.3, -0.25) is 29.3 Å². The Morgan fingerprint density at radius 3 is 2.41 bits per heavy atom. The van der Waals surface area contributed by atoms with Crippen molar-refractivity contribution in [1.29, 1.82) is 0 Å². The van der Waals surface area contributed by atoms with Crippen LogP contribution in [0.1, 0.15) is 115 Å². The molecule has 0 amide bonds. The predicted molar refractivity (Wildman–Crippen MR) is 197 cm³/mol. The minimum Gasteiger partial charge on any atom is -0.481 e. The Morgan fingerprint density at radius 1 is 0.981 bits per heavy atom. The summed E-state index contributed by atoms with van der Waals surface area (Å²) in [7, 11) is 0. The number of Topliss-reactive ketones (excluding diaryl/α,β-unsaturated/α-hetero) is 1. The number of fused-ring (bicyclic) bond motifs is 5. The van der Waals surface area contributed by atoms with E-state index in [0.717, 1.165) is 32.1 Å². The third-order valence-electron chi connectivity index (χ3n) is 13.9. The molecule has 14 heteroatoms. The number of carboxylic acid groups (broad SMARTS) is 1. The molecule has 14 nitrogen and oxygen atoms in total. The van der Waals surface area contributed by atoms with Crippen molar-refractivity contribution in [2.45, 2.75) is 110 Å². The molecule has 0 heterocycles. The van der Waals surface area contributed by atoms with Crippen LogP contribution in [-0.2, 0) is 28.6 Å². The first kappa shape index (κ1) is 41.1. The van der Waals surface area contributed by atoms with E-state index in [2.05, 4.69) is 30.8 Å². The Hall–Kier alpha value is -4.03. The first-order valence-electron chi connectivity index (χ1n) is 19.7. The highest BCUT2D eigenvalue weighted by molar-refractivity contribution is 5.98. The van der Waals surface area contributed by atoms with E-state index in [0.29, 0.717) is 55.0 Å². The molecule has 0 aromatic heterocycles. The molecule has 54 heavy (non-hydrogen) atoms. The van der Waals surface area contributed by atoms with Crippen molar-refractivity contribution in [2.75, 3.05) is 26.4 Å². The third kappa shape index (κ3) is 9.42. The Bertz CT molecular complexity index is 1580. The number of ether oxygens (including phenoxy) is 3. The lowest BCUT2D eigenvalue weighted by atomic mass is 9.44. The van der Waals surface area contributed by atoms with Gasteiger partial charge in [0.1, 0.15) is 12.7 Å². The second-order valence-electron chi connectivity index (χ2n) is 16.7. The molecule has 5 rings (SSSR count). The van der Waals surface area contributed by atoms with Gasteiger partial charge in [-0.1, -0.05) is 25.9 Å². The topological polar surface area (TPSA) is 208 Å². The zero-order chi connectivity index (χ0) is 39.0. The maximum absolute atomic E-state index is 13.4. The van der Waals surface area contributed by atoms with Crippen LogP contribution in [0, 0.1) is 62.4 Å². The van der Waals surface area contributed by atoms with Crippen molar-refractivity contribution >= 4 is 29.4 Å². The lowest BCUT2D eigenvalue weighted by Gasteiger charge is -2.61. The smallest absolute Gasteiger partial charge is 0.310 e. The third-order valence-corrected chi connectivity index (χ3v) is 13.9. The normalized spacial score (nSPS) is 31.0. The number of hydrogen-bond donors (Lipinski definition) is 1. The molecule has 296 valence electrons.